The fraction of sp³-hybridized carbons (Fsp3) is 0.800. The van der Waals surface area contributed by atoms with Gasteiger partial charge in [-0.05, 0) is 0 Å². The molecule has 0 radical (unpaired) electrons. The summed E-state index contributed by atoms with van der Waals surface area (Å²) in [5, 5.41) is 27.1. The zero-order valence-electron chi connectivity index (χ0n) is 8.73. The van der Waals surface area contributed by atoms with Crippen molar-refractivity contribution < 1.29 is 29.5 Å². The smallest absolute Gasteiger partial charge is 0.267 e. The highest BCUT2D eigenvalue weighted by molar-refractivity contribution is 5.00. The van der Waals surface area contributed by atoms with E-state index in [-0.39, 0.29) is 19.0 Å². The Morgan fingerprint density at radius 1 is 1.12 bits per heavy atom. The van der Waals surface area contributed by atoms with E-state index >= 15 is 0 Å². The summed E-state index contributed by atoms with van der Waals surface area (Å²) in [6, 6.07) is 0. The normalized spacial score (nSPS) is 41.5. The van der Waals surface area contributed by atoms with Gasteiger partial charge in [-0.3, -0.25) is 0 Å². The lowest BCUT2D eigenvalue weighted by atomic mass is 9.97. The summed E-state index contributed by atoms with van der Waals surface area (Å²) >= 11 is 0. The quantitative estimate of drug-likeness (QED) is 0.422. The van der Waals surface area contributed by atoms with Crippen LogP contribution in [0.15, 0.2) is 12.2 Å². The Labute approximate surface area is 93.0 Å². The molecular formula is C10H16O6. The molecule has 4 unspecified atom stereocenters. The second kappa shape index (κ2) is 5.22. The third-order valence-corrected chi connectivity index (χ3v) is 2.76. The largest absolute Gasteiger partial charge is 0.389 e. The maximum absolute atomic E-state index is 9.61. The molecule has 0 bridgehead atoms. The zero-order valence-corrected chi connectivity index (χ0v) is 8.73. The van der Waals surface area contributed by atoms with Gasteiger partial charge in [-0.1, -0.05) is 12.2 Å². The van der Waals surface area contributed by atoms with Gasteiger partial charge >= 0.3 is 0 Å². The van der Waals surface area contributed by atoms with E-state index in [0.717, 1.165) is 0 Å². The average Bonchev–Trinajstić information content (AvgIpc) is 2.58. The Hall–Kier alpha value is -0.500. The molecule has 6 heteroatoms. The molecule has 6 nitrogen and oxygen atoms in total. The first kappa shape index (κ1) is 12.0. The van der Waals surface area contributed by atoms with Gasteiger partial charge in [0.15, 0.2) is 0 Å². The molecular weight excluding hydrogens is 216 g/mol. The zero-order chi connectivity index (χ0) is 11.5. The van der Waals surface area contributed by atoms with Crippen LogP contribution in [0.4, 0.5) is 0 Å². The van der Waals surface area contributed by atoms with Crippen molar-refractivity contribution in [3.05, 3.63) is 12.2 Å². The van der Waals surface area contributed by atoms with Crippen LogP contribution in [0.1, 0.15) is 12.8 Å². The SMILES string of the molecule is OC1/C=C/C(OC(O)O)CC2OCOC2C1. The summed E-state index contributed by atoms with van der Waals surface area (Å²) < 4.78 is 15.5. The van der Waals surface area contributed by atoms with Gasteiger partial charge in [0, 0.05) is 12.8 Å². The molecule has 0 saturated carbocycles. The van der Waals surface area contributed by atoms with E-state index in [1.54, 1.807) is 12.2 Å². The molecule has 0 spiro atoms. The minimum absolute atomic E-state index is 0.165. The van der Waals surface area contributed by atoms with E-state index in [2.05, 4.69) is 0 Å². The Bertz CT molecular complexity index is 254. The van der Waals surface area contributed by atoms with E-state index in [1.807, 2.05) is 0 Å². The lowest BCUT2D eigenvalue weighted by Crippen LogP contribution is -2.34. The first-order valence-electron chi connectivity index (χ1n) is 5.26. The maximum atomic E-state index is 9.61. The summed E-state index contributed by atoms with van der Waals surface area (Å²) in [7, 11) is 0. The van der Waals surface area contributed by atoms with Crippen LogP contribution < -0.4 is 0 Å². The van der Waals surface area contributed by atoms with Crippen LogP contribution in [0.5, 0.6) is 0 Å². The van der Waals surface area contributed by atoms with Crippen molar-refractivity contribution in [3.63, 3.8) is 0 Å². The summed E-state index contributed by atoms with van der Waals surface area (Å²) in [6.07, 6.45) is 2.68. The van der Waals surface area contributed by atoms with Crippen molar-refractivity contribution in [1.29, 1.82) is 0 Å². The Morgan fingerprint density at radius 2 is 1.81 bits per heavy atom. The van der Waals surface area contributed by atoms with E-state index in [9.17, 15) is 5.11 Å². The first-order chi connectivity index (χ1) is 7.65. The van der Waals surface area contributed by atoms with Gasteiger partial charge in [-0.25, -0.2) is 0 Å². The van der Waals surface area contributed by atoms with Crippen LogP contribution in [-0.4, -0.2) is 53.0 Å². The minimum atomic E-state index is -1.83. The van der Waals surface area contributed by atoms with Gasteiger partial charge in [0.05, 0.1) is 24.4 Å². The molecule has 1 aliphatic carbocycles. The minimum Gasteiger partial charge on any atom is -0.389 e. The summed E-state index contributed by atoms with van der Waals surface area (Å²) in [4.78, 5) is 0. The molecule has 4 atom stereocenters. The number of ether oxygens (including phenoxy) is 3. The topological polar surface area (TPSA) is 88.4 Å². The predicted molar refractivity (Wildman–Crippen MR) is 52.1 cm³/mol. The lowest BCUT2D eigenvalue weighted by Gasteiger charge is -2.25. The Balaban J connectivity index is 2.03. The van der Waals surface area contributed by atoms with E-state index in [0.29, 0.717) is 12.8 Å². The van der Waals surface area contributed by atoms with Crippen LogP contribution in [0.3, 0.4) is 0 Å². The molecule has 16 heavy (non-hydrogen) atoms. The second-order valence-corrected chi connectivity index (χ2v) is 3.95. The van der Waals surface area contributed by atoms with Gasteiger partial charge in [-0.2, -0.15) is 0 Å². The molecule has 1 aliphatic heterocycles. The molecule has 0 aromatic rings. The number of aliphatic hydroxyl groups is 3. The molecule has 1 heterocycles. The number of hydrogen-bond acceptors (Lipinski definition) is 6. The Morgan fingerprint density at radius 3 is 2.50 bits per heavy atom. The van der Waals surface area contributed by atoms with Crippen molar-refractivity contribution in [2.45, 2.75) is 43.7 Å². The molecule has 1 fully saturated rings. The third-order valence-electron chi connectivity index (χ3n) is 2.76. The van der Waals surface area contributed by atoms with Crippen molar-refractivity contribution >= 4 is 0 Å². The summed E-state index contributed by atoms with van der Waals surface area (Å²) in [6.45, 7) is -1.62. The highest BCUT2D eigenvalue weighted by atomic mass is 16.7. The fourth-order valence-corrected chi connectivity index (χ4v) is 2.00. The third kappa shape index (κ3) is 3.00. The second-order valence-electron chi connectivity index (χ2n) is 3.95. The number of hydrogen-bond donors (Lipinski definition) is 3. The van der Waals surface area contributed by atoms with Gasteiger partial charge in [-0.15, -0.1) is 0 Å². The summed E-state index contributed by atoms with van der Waals surface area (Å²) in [5.41, 5.74) is 0. The van der Waals surface area contributed by atoms with Gasteiger partial charge < -0.3 is 29.5 Å². The van der Waals surface area contributed by atoms with Crippen molar-refractivity contribution in [3.8, 4) is 0 Å². The van der Waals surface area contributed by atoms with Crippen LogP contribution in [0.2, 0.25) is 0 Å². The molecule has 0 amide bonds. The molecule has 1 saturated heterocycles. The van der Waals surface area contributed by atoms with E-state index in [4.69, 9.17) is 24.4 Å². The standard InChI is InChI=1S/C10H16O6/c11-6-1-2-7(16-10(12)13)4-9-8(3-6)14-5-15-9/h1-2,6-13H,3-5H2/b2-1+. The number of aliphatic hydroxyl groups excluding tert-OH is 2. The molecule has 92 valence electrons. The monoisotopic (exact) mass is 232 g/mol. The molecule has 2 rings (SSSR count). The number of fused-ring (bicyclic) bond motifs is 1. The molecule has 2 aliphatic rings. The first-order valence-corrected chi connectivity index (χ1v) is 5.26. The van der Waals surface area contributed by atoms with Gasteiger partial charge in [0.25, 0.3) is 6.48 Å². The average molecular weight is 232 g/mol. The lowest BCUT2D eigenvalue weighted by molar-refractivity contribution is -0.251. The predicted octanol–water partition coefficient (Wildman–Crippen LogP) is -0.908. The highest BCUT2D eigenvalue weighted by Crippen LogP contribution is 2.25. The molecule has 0 aromatic heterocycles. The highest BCUT2D eigenvalue weighted by Gasteiger charge is 2.34. The van der Waals surface area contributed by atoms with Crippen molar-refractivity contribution in [2.24, 2.45) is 0 Å². The van der Waals surface area contributed by atoms with Gasteiger partial charge in [0.1, 0.15) is 6.79 Å². The Kier molecular flexibility index (Phi) is 3.91. The van der Waals surface area contributed by atoms with Crippen LogP contribution in [0.25, 0.3) is 0 Å². The fourth-order valence-electron chi connectivity index (χ4n) is 2.00. The van der Waals surface area contributed by atoms with E-state index < -0.39 is 18.7 Å². The van der Waals surface area contributed by atoms with Crippen LogP contribution in [0, 0.1) is 0 Å². The molecule has 3 N–H and O–H groups in total. The van der Waals surface area contributed by atoms with Crippen LogP contribution >= 0.6 is 0 Å². The molecule has 0 aromatic carbocycles. The summed E-state index contributed by atoms with van der Waals surface area (Å²) in [5.74, 6) is 0. The van der Waals surface area contributed by atoms with Crippen LogP contribution in [-0.2, 0) is 14.2 Å². The van der Waals surface area contributed by atoms with Gasteiger partial charge in [0.2, 0.25) is 0 Å². The van der Waals surface area contributed by atoms with E-state index in [1.165, 1.54) is 0 Å². The van der Waals surface area contributed by atoms with Crippen molar-refractivity contribution in [2.75, 3.05) is 6.79 Å². The maximum Gasteiger partial charge on any atom is 0.267 e. The van der Waals surface area contributed by atoms with Crippen molar-refractivity contribution in [1.82, 2.24) is 0 Å². The number of rotatable bonds is 2.